The van der Waals surface area contributed by atoms with Gasteiger partial charge in [-0.1, -0.05) is 44.2 Å². The lowest BCUT2D eigenvalue weighted by Crippen LogP contribution is -2.38. The number of amides is 3. The maximum absolute atomic E-state index is 12.6. The summed E-state index contributed by atoms with van der Waals surface area (Å²) in [7, 11) is 0. The second-order valence-electron chi connectivity index (χ2n) is 7.82. The Morgan fingerprint density at radius 2 is 1.97 bits per heavy atom. The van der Waals surface area contributed by atoms with Crippen molar-refractivity contribution in [1.82, 2.24) is 10.2 Å². The van der Waals surface area contributed by atoms with Crippen LogP contribution in [0.1, 0.15) is 38.3 Å². The number of hydrogen-bond donors (Lipinski definition) is 2. The SMILES string of the molecule is CC(C)CCN1Cc2cc(NC(=O)NCc3ccccc3)ccc2OC(C)C1=O. The first kappa shape index (κ1) is 20.7. The normalized spacial score (nSPS) is 16.1. The Balaban J connectivity index is 1.66. The van der Waals surface area contributed by atoms with Crippen molar-refractivity contribution >= 4 is 17.6 Å². The van der Waals surface area contributed by atoms with Crippen molar-refractivity contribution in [3.05, 3.63) is 59.7 Å². The van der Waals surface area contributed by atoms with Crippen molar-refractivity contribution in [1.29, 1.82) is 0 Å². The average Bonchev–Trinajstić information content (AvgIpc) is 2.82. The van der Waals surface area contributed by atoms with Crippen LogP contribution in [0.4, 0.5) is 10.5 Å². The summed E-state index contributed by atoms with van der Waals surface area (Å²) < 4.78 is 5.85. The van der Waals surface area contributed by atoms with E-state index in [4.69, 9.17) is 4.74 Å². The summed E-state index contributed by atoms with van der Waals surface area (Å²) in [5, 5.41) is 5.71. The molecule has 2 aromatic carbocycles. The van der Waals surface area contributed by atoms with Gasteiger partial charge in [0.15, 0.2) is 6.10 Å². The summed E-state index contributed by atoms with van der Waals surface area (Å²) >= 11 is 0. The van der Waals surface area contributed by atoms with Crippen LogP contribution in [-0.2, 0) is 17.9 Å². The predicted molar refractivity (Wildman–Crippen MR) is 114 cm³/mol. The van der Waals surface area contributed by atoms with E-state index >= 15 is 0 Å². The van der Waals surface area contributed by atoms with Gasteiger partial charge in [-0.05, 0) is 43.0 Å². The van der Waals surface area contributed by atoms with Crippen LogP contribution >= 0.6 is 0 Å². The van der Waals surface area contributed by atoms with Gasteiger partial charge in [0.2, 0.25) is 0 Å². The number of ether oxygens (including phenoxy) is 1. The number of nitrogens with one attached hydrogen (secondary N) is 2. The first-order chi connectivity index (χ1) is 13.9. The Bertz CT molecular complexity index is 852. The van der Waals surface area contributed by atoms with Crippen LogP contribution in [-0.4, -0.2) is 29.5 Å². The van der Waals surface area contributed by atoms with Crippen molar-refractivity contribution in [2.75, 3.05) is 11.9 Å². The van der Waals surface area contributed by atoms with Crippen LogP contribution in [0.15, 0.2) is 48.5 Å². The molecule has 0 fully saturated rings. The van der Waals surface area contributed by atoms with E-state index in [1.165, 1.54) is 0 Å². The van der Waals surface area contributed by atoms with Crippen LogP contribution in [0.5, 0.6) is 5.75 Å². The second kappa shape index (κ2) is 9.45. The molecule has 0 saturated carbocycles. The third-order valence-corrected chi connectivity index (χ3v) is 4.92. The fourth-order valence-corrected chi connectivity index (χ4v) is 3.23. The van der Waals surface area contributed by atoms with Gasteiger partial charge in [0.1, 0.15) is 5.75 Å². The highest BCUT2D eigenvalue weighted by Gasteiger charge is 2.27. The van der Waals surface area contributed by atoms with Gasteiger partial charge in [0.05, 0.1) is 0 Å². The number of hydrogen-bond acceptors (Lipinski definition) is 3. The van der Waals surface area contributed by atoms with Gasteiger partial charge < -0.3 is 20.3 Å². The Morgan fingerprint density at radius 1 is 1.21 bits per heavy atom. The van der Waals surface area contributed by atoms with E-state index in [-0.39, 0.29) is 11.9 Å². The fourth-order valence-electron chi connectivity index (χ4n) is 3.23. The highest BCUT2D eigenvalue weighted by molar-refractivity contribution is 5.89. The van der Waals surface area contributed by atoms with E-state index in [1.807, 2.05) is 47.4 Å². The largest absolute Gasteiger partial charge is 0.481 e. The van der Waals surface area contributed by atoms with Crippen molar-refractivity contribution in [3.63, 3.8) is 0 Å². The molecule has 3 amide bonds. The van der Waals surface area contributed by atoms with E-state index in [0.29, 0.717) is 37.0 Å². The van der Waals surface area contributed by atoms with Crippen molar-refractivity contribution in [2.24, 2.45) is 5.92 Å². The van der Waals surface area contributed by atoms with Gasteiger partial charge in [0.25, 0.3) is 5.91 Å². The molecule has 2 aromatic rings. The summed E-state index contributed by atoms with van der Waals surface area (Å²) in [6.45, 7) is 7.70. The summed E-state index contributed by atoms with van der Waals surface area (Å²) in [4.78, 5) is 26.7. The Morgan fingerprint density at radius 3 is 2.69 bits per heavy atom. The van der Waals surface area contributed by atoms with Crippen molar-refractivity contribution in [2.45, 2.75) is 46.4 Å². The zero-order valence-electron chi connectivity index (χ0n) is 17.3. The van der Waals surface area contributed by atoms with Gasteiger partial charge in [-0.2, -0.15) is 0 Å². The molecule has 0 aromatic heterocycles. The number of fused-ring (bicyclic) bond motifs is 1. The fraction of sp³-hybridized carbons (Fsp3) is 0.391. The van der Waals surface area contributed by atoms with Gasteiger partial charge in [0, 0.05) is 30.9 Å². The van der Waals surface area contributed by atoms with E-state index in [0.717, 1.165) is 17.5 Å². The molecule has 1 aliphatic heterocycles. The Kier molecular flexibility index (Phi) is 6.75. The summed E-state index contributed by atoms with van der Waals surface area (Å²) in [6.07, 6.45) is 0.421. The molecule has 3 rings (SSSR count). The van der Waals surface area contributed by atoms with Crippen LogP contribution < -0.4 is 15.4 Å². The van der Waals surface area contributed by atoms with E-state index in [2.05, 4.69) is 24.5 Å². The Labute approximate surface area is 172 Å². The Hall–Kier alpha value is -3.02. The van der Waals surface area contributed by atoms with Crippen molar-refractivity contribution in [3.8, 4) is 5.75 Å². The summed E-state index contributed by atoms with van der Waals surface area (Å²) in [5.74, 6) is 1.20. The number of nitrogens with zero attached hydrogens (tertiary/aromatic N) is 1. The zero-order valence-corrected chi connectivity index (χ0v) is 17.3. The van der Waals surface area contributed by atoms with Gasteiger partial charge in [-0.15, -0.1) is 0 Å². The number of benzene rings is 2. The average molecular weight is 396 g/mol. The molecule has 1 atom stereocenters. The monoisotopic (exact) mass is 395 g/mol. The smallest absolute Gasteiger partial charge is 0.319 e. The van der Waals surface area contributed by atoms with E-state index < -0.39 is 6.10 Å². The van der Waals surface area contributed by atoms with Gasteiger partial charge in [-0.3, -0.25) is 4.79 Å². The maximum atomic E-state index is 12.6. The number of carbonyl (C=O) groups excluding carboxylic acids is 2. The molecule has 1 heterocycles. The maximum Gasteiger partial charge on any atom is 0.319 e. The molecule has 2 N–H and O–H groups in total. The molecule has 0 radical (unpaired) electrons. The van der Waals surface area contributed by atoms with Gasteiger partial charge in [-0.25, -0.2) is 4.79 Å². The molecule has 29 heavy (non-hydrogen) atoms. The predicted octanol–water partition coefficient (Wildman–Crippen LogP) is 4.16. The molecule has 0 bridgehead atoms. The van der Waals surface area contributed by atoms with E-state index in [9.17, 15) is 9.59 Å². The lowest BCUT2D eigenvalue weighted by atomic mass is 10.1. The molecule has 0 spiro atoms. The second-order valence-corrected chi connectivity index (χ2v) is 7.82. The minimum absolute atomic E-state index is 0.00281. The molecule has 6 nitrogen and oxygen atoms in total. The van der Waals surface area contributed by atoms with Crippen LogP contribution in [0.2, 0.25) is 0 Å². The molecule has 0 saturated heterocycles. The third kappa shape index (κ3) is 5.73. The molecule has 1 aliphatic rings. The first-order valence-electron chi connectivity index (χ1n) is 10.1. The van der Waals surface area contributed by atoms with Crippen molar-refractivity contribution < 1.29 is 14.3 Å². The lowest BCUT2D eigenvalue weighted by Gasteiger charge is -2.23. The highest BCUT2D eigenvalue weighted by Crippen LogP contribution is 2.29. The zero-order chi connectivity index (χ0) is 20.8. The standard InChI is InChI=1S/C23H29N3O3/c1-16(2)11-12-26-15-19-13-20(9-10-21(19)29-17(3)22(26)27)25-23(28)24-14-18-7-5-4-6-8-18/h4-10,13,16-17H,11-12,14-15H2,1-3H3,(H2,24,25,28). The quantitative estimate of drug-likeness (QED) is 0.771. The summed E-state index contributed by atoms with van der Waals surface area (Å²) in [5.41, 5.74) is 2.60. The molecule has 1 unspecified atom stereocenters. The van der Waals surface area contributed by atoms with E-state index in [1.54, 1.807) is 13.0 Å². The third-order valence-electron chi connectivity index (χ3n) is 4.92. The molecule has 0 aliphatic carbocycles. The number of carbonyl (C=O) groups is 2. The minimum atomic E-state index is -0.517. The highest BCUT2D eigenvalue weighted by atomic mass is 16.5. The number of anilines is 1. The van der Waals surface area contributed by atoms with Gasteiger partial charge >= 0.3 is 6.03 Å². The summed E-state index contributed by atoms with van der Waals surface area (Å²) in [6, 6.07) is 15.0. The van der Waals surface area contributed by atoms with Crippen LogP contribution in [0.25, 0.3) is 0 Å². The van der Waals surface area contributed by atoms with Crippen LogP contribution in [0.3, 0.4) is 0 Å². The molecular formula is C23H29N3O3. The minimum Gasteiger partial charge on any atom is -0.481 e. The van der Waals surface area contributed by atoms with Crippen LogP contribution in [0, 0.1) is 5.92 Å². The molecule has 154 valence electrons. The topological polar surface area (TPSA) is 70.7 Å². The molecular weight excluding hydrogens is 366 g/mol. The lowest BCUT2D eigenvalue weighted by molar-refractivity contribution is -0.137. The molecule has 6 heteroatoms. The number of urea groups is 1. The number of rotatable bonds is 6. The first-order valence-corrected chi connectivity index (χ1v) is 10.1.